The van der Waals surface area contributed by atoms with Gasteiger partial charge in [-0.05, 0) is 118 Å². The number of aryl methyl sites for hydroxylation is 1. The van der Waals surface area contributed by atoms with Crippen molar-refractivity contribution in [3.63, 3.8) is 0 Å². The molecule has 3 aliphatic rings. The van der Waals surface area contributed by atoms with Crippen molar-refractivity contribution in [3.8, 4) is 16.2 Å². The number of H-pyrrole nitrogens is 1. The van der Waals surface area contributed by atoms with Crippen LogP contribution in [0.4, 0.5) is 10.1 Å². The van der Waals surface area contributed by atoms with Crippen molar-refractivity contribution < 1.29 is 43.0 Å². The van der Waals surface area contributed by atoms with E-state index in [2.05, 4.69) is 48.4 Å². The van der Waals surface area contributed by atoms with E-state index in [1.807, 2.05) is 31.2 Å². The lowest BCUT2D eigenvalue weighted by atomic mass is 9.85. The molecule has 7 N–H and O–H groups in total. The van der Waals surface area contributed by atoms with E-state index < -0.39 is 47.0 Å². The van der Waals surface area contributed by atoms with Crippen LogP contribution in [0.2, 0.25) is 0 Å². The lowest BCUT2D eigenvalue weighted by molar-refractivity contribution is -0.145. The predicted octanol–water partition coefficient (Wildman–Crippen LogP) is 5.55. The molecule has 0 spiro atoms. The zero-order chi connectivity index (χ0) is 52.0. The molecule has 2 aromatic heterocycles. The lowest BCUT2D eigenvalue weighted by Gasteiger charge is -2.35. The van der Waals surface area contributed by atoms with Gasteiger partial charge in [-0.1, -0.05) is 32.9 Å². The molecule has 6 amide bonds. The number of likely N-dealkylation sites (tertiary alicyclic amines) is 2. The summed E-state index contributed by atoms with van der Waals surface area (Å²) in [5.41, 5.74) is 4.19. The molecular weight excluding hydrogens is 956 g/mol. The molecule has 73 heavy (non-hydrogen) atoms. The Labute approximate surface area is 427 Å². The number of amides is 6. The summed E-state index contributed by atoms with van der Waals surface area (Å²) < 4.78 is 20.7. The molecular formula is C53H65FN10O8S. The number of carbonyl (C=O) groups is 6. The van der Waals surface area contributed by atoms with Crippen molar-refractivity contribution in [2.45, 2.75) is 123 Å². The molecule has 2 aliphatic heterocycles. The number of nitrogens with zero attached hydrogens (tertiary/aromatic N) is 4. The van der Waals surface area contributed by atoms with Crippen LogP contribution in [0.1, 0.15) is 110 Å². The number of halogens is 1. The van der Waals surface area contributed by atoms with E-state index >= 15 is 0 Å². The summed E-state index contributed by atoms with van der Waals surface area (Å²) in [7, 11) is 0. The van der Waals surface area contributed by atoms with Crippen LogP contribution in [0.15, 0.2) is 66.2 Å². The molecule has 18 nitrogen and oxygen atoms in total. The van der Waals surface area contributed by atoms with E-state index in [1.54, 1.807) is 62.7 Å². The monoisotopic (exact) mass is 1020 g/mol. The first-order chi connectivity index (χ1) is 34.8. The topological polar surface area (TPSA) is 240 Å². The van der Waals surface area contributed by atoms with Crippen LogP contribution >= 0.6 is 11.3 Å². The van der Waals surface area contributed by atoms with Crippen LogP contribution in [0.25, 0.3) is 21.5 Å². The molecule has 0 bridgehead atoms. The summed E-state index contributed by atoms with van der Waals surface area (Å²) in [5.74, 6) is -1.72. The molecule has 1 saturated carbocycles. The molecule has 0 unspecified atom stereocenters. The number of thiazole rings is 1. The van der Waals surface area contributed by atoms with Gasteiger partial charge in [0.15, 0.2) is 12.3 Å². The second kappa shape index (κ2) is 22.6. The third-order valence-corrected chi connectivity index (χ3v) is 14.7. The van der Waals surface area contributed by atoms with Gasteiger partial charge in [-0.25, -0.2) is 14.4 Å². The number of hydrogen-bond donors (Lipinski definition) is 7. The van der Waals surface area contributed by atoms with Gasteiger partial charge in [0.05, 0.1) is 39.8 Å². The van der Waals surface area contributed by atoms with E-state index in [1.165, 1.54) is 29.1 Å². The van der Waals surface area contributed by atoms with Gasteiger partial charge in [0.2, 0.25) is 11.8 Å². The number of aliphatic hydroxyl groups is 1. The fourth-order valence-electron chi connectivity index (χ4n) is 9.16. The molecule has 388 valence electrons. The highest BCUT2D eigenvalue weighted by Crippen LogP contribution is 2.40. The van der Waals surface area contributed by atoms with E-state index in [9.17, 15) is 38.3 Å². The third-order valence-electron chi connectivity index (χ3n) is 13.7. The minimum absolute atomic E-state index is 0.0313. The number of aliphatic hydroxyl groups excluding tert-OH is 1. The third kappa shape index (κ3) is 13.1. The molecule has 4 atom stereocenters. The summed E-state index contributed by atoms with van der Waals surface area (Å²) in [6, 6.07) is 15.7. The highest BCUT2D eigenvalue weighted by atomic mass is 32.1. The second-order valence-corrected chi connectivity index (χ2v) is 21.3. The average Bonchev–Trinajstić information content (AvgIpc) is 3.75. The SMILES string of the molecule is Cc1ncsc1-c1ccc(CNC(=O)[C@@H]2C[C@@H](O)CN2C(=O)[C@@H](NC(=O)C2(F)CC2)C(C)(C)C)c(OCC(=O)NCCCCNC(=O)c2ccc(C(=O)Nc3ccc4nc(CN5CCC[C@@H]5C)[nH]c4c3)cc2)c1. The summed E-state index contributed by atoms with van der Waals surface area (Å²) in [5, 5.41) is 24.7. The number of unbranched alkanes of at least 4 members (excludes halogenated alkanes) is 1. The van der Waals surface area contributed by atoms with Crippen LogP contribution in [-0.2, 0) is 32.3 Å². The highest BCUT2D eigenvalue weighted by Gasteiger charge is 2.53. The van der Waals surface area contributed by atoms with Gasteiger partial charge in [-0.15, -0.1) is 11.3 Å². The fourth-order valence-corrected chi connectivity index (χ4v) is 9.96. The van der Waals surface area contributed by atoms with Crippen molar-refractivity contribution in [3.05, 3.63) is 94.4 Å². The summed E-state index contributed by atoms with van der Waals surface area (Å²) in [4.78, 5) is 96.4. The van der Waals surface area contributed by atoms with Gasteiger partial charge in [0.1, 0.15) is 23.7 Å². The number of rotatable bonds is 20. The molecule has 5 aromatic rings. The number of aromatic nitrogens is 3. The minimum atomic E-state index is -2.00. The Morgan fingerprint density at radius 1 is 0.959 bits per heavy atom. The van der Waals surface area contributed by atoms with Crippen molar-refractivity contribution in [2.75, 3.05) is 38.1 Å². The number of benzene rings is 3. The van der Waals surface area contributed by atoms with Crippen molar-refractivity contribution >= 4 is 63.5 Å². The van der Waals surface area contributed by atoms with Crippen LogP contribution in [0, 0.1) is 12.3 Å². The number of aromatic amines is 1. The number of β-amino-alcohol motifs (C(OH)–C–C–N with tert-alkyl or cyclic N) is 1. The smallest absolute Gasteiger partial charge is 0.258 e. The maximum atomic E-state index is 14.6. The van der Waals surface area contributed by atoms with Crippen molar-refractivity contribution in [1.29, 1.82) is 0 Å². The van der Waals surface area contributed by atoms with Crippen LogP contribution in [-0.4, -0.2) is 128 Å². The molecule has 4 heterocycles. The Hall–Kier alpha value is -6.77. The Morgan fingerprint density at radius 3 is 2.36 bits per heavy atom. The summed E-state index contributed by atoms with van der Waals surface area (Å²) >= 11 is 1.45. The Balaban J connectivity index is 0.781. The number of alkyl halides is 1. The Kier molecular flexibility index (Phi) is 16.2. The number of anilines is 1. The second-order valence-electron chi connectivity index (χ2n) is 20.5. The van der Waals surface area contributed by atoms with Gasteiger partial charge in [-0.2, -0.15) is 0 Å². The predicted molar refractivity (Wildman–Crippen MR) is 274 cm³/mol. The first-order valence-electron chi connectivity index (χ1n) is 25.0. The first kappa shape index (κ1) is 52.5. The Morgan fingerprint density at radius 2 is 1.68 bits per heavy atom. The number of ether oxygens (including phenoxy) is 1. The normalized spacial score (nSPS) is 18.8. The lowest BCUT2D eigenvalue weighted by Crippen LogP contribution is -2.59. The molecule has 8 rings (SSSR count). The zero-order valence-corrected chi connectivity index (χ0v) is 42.8. The fraction of sp³-hybridized carbons (Fsp3) is 0.472. The molecule has 0 radical (unpaired) electrons. The van der Waals surface area contributed by atoms with Crippen molar-refractivity contribution in [1.82, 2.24) is 46.0 Å². The number of carbonyl (C=O) groups excluding carboxylic acids is 6. The Bertz CT molecular complexity index is 2840. The number of hydrogen-bond acceptors (Lipinski definition) is 12. The maximum Gasteiger partial charge on any atom is 0.258 e. The summed E-state index contributed by atoms with van der Waals surface area (Å²) in [6.45, 7) is 11.3. The van der Waals surface area contributed by atoms with Crippen LogP contribution in [0.5, 0.6) is 5.75 Å². The number of fused-ring (bicyclic) bond motifs is 1. The highest BCUT2D eigenvalue weighted by molar-refractivity contribution is 7.13. The maximum absolute atomic E-state index is 14.6. The van der Waals surface area contributed by atoms with E-state index in [0.29, 0.717) is 60.1 Å². The largest absolute Gasteiger partial charge is 0.483 e. The molecule has 3 aromatic carbocycles. The number of imidazole rings is 1. The standard InChI is InChI=1S/C53H65FN10O8S/c1-31-9-8-22-63(31)28-43-60-39-17-16-37(24-40(39)61-43)59-48(68)34-12-10-33(11-13-34)47(67)56-21-7-6-20-55-44(66)29-72-42-23-35(45-32(2)58-30-73-45)14-15-36(42)26-57-49(69)41-25-38(65)27-64(41)50(70)46(52(3,4)5)62-51(71)53(54)18-19-53/h10-17,23-24,30-31,38,41,46,65H,6-9,18-22,25-29H2,1-5H3,(H,55,66)(H,56,67)(H,57,69)(H,59,68)(H,60,61)(H,62,71)/t31-,38+,41-,46+/m0/s1. The quantitative estimate of drug-likeness (QED) is 0.0477. The summed E-state index contributed by atoms with van der Waals surface area (Å²) in [6.07, 6.45) is 2.68. The molecule has 2 saturated heterocycles. The van der Waals surface area contributed by atoms with E-state index in [-0.39, 0.29) is 56.7 Å². The number of nitrogens with one attached hydrogen (secondary N) is 6. The van der Waals surface area contributed by atoms with E-state index in [0.717, 1.165) is 46.1 Å². The first-order valence-corrected chi connectivity index (χ1v) is 25.8. The van der Waals surface area contributed by atoms with Crippen LogP contribution in [0.3, 0.4) is 0 Å². The van der Waals surface area contributed by atoms with Gasteiger partial charge in [0, 0.05) is 61.0 Å². The van der Waals surface area contributed by atoms with E-state index in [4.69, 9.17) is 9.72 Å². The van der Waals surface area contributed by atoms with Gasteiger partial charge in [0.25, 0.3) is 23.6 Å². The van der Waals surface area contributed by atoms with Gasteiger partial charge >= 0.3 is 0 Å². The van der Waals surface area contributed by atoms with Crippen molar-refractivity contribution in [2.24, 2.45) is 5.41 Å². The molecule has 20 heteroatoms. The average molecular weight is 1020 g/mol. The van der Waals surface area contributed by atoms with Gasteiger partial charge < -0.3 is 46.3 Å². The zero-order valence-electron chi connectivity index (χ0n) is 41.9. The van der Waals surface area contributed by atoms with Gasteiger partial charge in [-0.3, -0.25) is 33.7 Å². The van der Waals surface area contributed by atoms with Crippen LogP contribution < -0.4 is 31.3 Å². The molecule has 3 fully saturated rings. The molecule has 1 aliphatic carbocycles. The minimum Gasteiger partial charge on any atom is -0.483 e.